The second-order valence-electron chi connectivity index (χ2n) is 7.19. The van der Waals surface area contributed by atoms with E-state index >= 15 is 0 Å². The van der Waals surface area contributed by atoms with Crippen molar-refractivity contribution in [1.82, 2.24) is 0 Å². The van der Waals surface area contributed by atoms with E-state index in [1.807, 2.05) is 6.07 Å². The number of benzene rings is 1. The third-order valence-corrected chi connectivity index (χ3v) is 6.48. The minimum absolute atomic E-state index is 0.190. The molecule has 4 saturated carbocycles. The van der Waals surface area contributed by atoms with E-state index in [9.17, 15) is 9.50 Å². The highest BCUT2D eigenvalue weighted by atomic mass is 35.5. The maximum atomic E-state index is 13.6. The zero-order valence-electron chi connectivity index (χ0n) is 11.5. The molecule has 1 aromatic rings. The molecule has 0 amide bonds. The van der Waals surface area contributed by atoms with Crippen molar-refractivity contribution < 1.29 is 9.50 Å². The second-order valence-corrected chi connectivity index (χ2v) is 7.56. The van der Waals surface area contributed by atoms with Crippen molar-refractivity contribution in [3.8, 4) is 0 Å². The summed E-state index contributed by atoms with van der Waals surface area (Å²) in [6, 6.07) is 4.93. The summed E-state index contributed by atoms with van der Waals surface area (Å²) in [5, 5.41) is 11.5. The largest absolute Gasteiger partial charge is 0.389 e. The van der Waals surface area contributed by atoms with Crippen molar-refractivity contribution in [1.29, 1.82) is 0 Å². The van der Waals surface area contributed by atoms with Gasteiger partial charge in [-0.3, -0.25) is 0 Å². The molecule has 1 nitrogen and oxygen atoms in total. The number of aliphatic hydroxyl groups is 1. The molecule has 108 valence electrons. The van der Waals surface area contributed by atoms with Gasteiger partial charge in [-0.15, -0.1) is 0 Å². The Morgan fingerprint density at radius 3 is 2.30 bits per heavy atom. The molecule has 0 aliphatic heterocycles. The molecule has 1 aromatic carbocycles. The summed E-state index contributed by atoms with van der Waals surface area (Å²) in [6.07, 6.45) is 6.47. The third kappa shape index (κ3) is 1.84. The lowest BCUT2D eigenvalue weighted by Gasteiger charge is -2.59. The molecule has 20 heavy (non-hydrogen) atoms. The van der Waals surface area contributed by atoms with Gasteiger partial charge < -0.3 is 5.11 Å². The first-order valence-electron chi connectivity index (χ1n) is 7.71. The lowest BCUT2D eigenvalue weighted by Crippen LogP contribution is -2.58. The van der Waals surface area contributed by atoms with Gasteiger partial charge in [0.15, 0.2) is 0 Å². The lowest BCUT2D eigenvalue weighted by molar-refractivity contribution is -0.171. The molecule has 4 fully saturated rings. The highest BCUT2D eigenvalue weighted by molar-refractivity contribution is 6.31. The Balaban J connectivity index is 1.66. The van der Waals surface area contributed by atoms with Crippen molar-refractivity contribution in [3.63, 3.8) is 0 Å². The summed E-state index contributed by atoms with van der Waals surface area (Å²) in [5.74, 6) is 2.04. The number of hydrogen-bond donors (Lipinski definition) is 1. The van der Waals surface area contributed by atoms with Gasteiger partial charge in [0, 0.05) is 6.42 Å². The molecule has 3 heteroatoms. The van der Waals surface area contributed by atoms with Gasteiger partial charge in [0.25, 0.3) is 0 Å². The van der Waals surface area contributed by atoms with Gasteiger partial charge in [0.2, 0.25) is 0 Å². The van der Waals surface area contributed by atoms with Crippen LogP contribution in [0.1, 0.15) is 37.7 Å². The predicted octanol–water partition coefficient (Wildman–Crippen LogP) is 4.21. The van der Waals surface area contributed by atoms with Crippen molar-refractivity contribution in [2.24, 2.45) is 23.7 Å². The molecule has 4 bridgehead atoms. The first kappa shape index (κ1) is 13.1. The summed E-state index contributed by atoms with van der Waals surface area (Å²) in [7, 11) is 0. The Hall–Kier alpha value is -0.600. The van der Waals surface area contributed by atoms with Crippen LogP contribution < -0.4 is 0 Å². The average Bonchev–Trinajstić information content (AvgIpc) is 2.41. The van der Waals surface area contributed by atoms with Crippen LogP contribution in [0.5, 0.6) is 0 Å². The third-order valence-electron chi connectivity index (χ3n) is 6.06. The Morgan fingerprint density at radius 2 is 1.70 bits per heavy atom. The highest BCUT2D eigenvalue weighted by Crippen LogP contribution is 2.59. The molecule has 0 aromatic heterocycles. The molecule has 0 atom stereocenters. The second kappa shape index (κ2) is 4.45. The normalized spacial score (nSPS) is 42.1. The van der Waals surface area contributed by atoms with E-state index in [1.165, 1.54) is 12.5 Å². The van der Waals surface area contributed by atoms with Crippen LogP contribution >= 0.6 is 11.6 Å². The van der Waals surface area contributed by atoms with Gasteiger partial charge in [0.1, 0.15) is 5.82 Å². The smallest absolute Gasteiger partial charge is 0.142 e. The maximum absolute atomic E-state index is 13.6. The average molecular weight is 295 g/mol. The van der Waals surface area contributed by atoms with Gasteiger partial charge in [-0.05, 0) is 67.4 Å². The van der Waals surface area contributed by atoms with Gasteiger partial charge in [-0.2, -0.15) is 0 Å². The Morgan fingerprint density at radius 1 is 1.10 bits per heavy atom. The Kier molecular flexibility index (Phi) is 2.91. The first-order chi connectivity index (χ1) is 9.56. The number of rotatable bonds is 2. The van der Waals surface area contributed by atoms with Crippen LogP contribution in [0.25, 0.3) is 0 Å². The van der Waals surface area contributed by atoms with Crippen molar-refractivity contribution in [2.45, 2.75) is 44.1 Å². The zero-order valence-corrected chi connectivity index (χ0v) is 12.2. The van der Waals surface area contributed by atoms with E-state index in [-0.39, 0.29) is 10.8 Å². The van der Waals surface area contributed by atoms with Crippen molar-refractivity contribution >= 4 is 11.6 Å². The van der Waals surface area contributed by atoms with E-state index in [4.69, 9.17) is 11.6 Å². The van der Waals surface area contributed by atoms with Gasteiger partial charge in [-0.25, -0.2) is 4.39 Å². The fraction of sp³-hybridized carbons (Fsp3) is 0.647. The fourth-order valence-electron chi connectivity index (χ4n) is 5.28. The Labute approximate surface area is 124 Å². The molecule has 0 heterocycles. The summed E-state index contributed by atoms with van der Waals surface area (Å²) in [6.45, 7) is 0. The molecule has 4 aliphatic carbocycles. The van der Waals surface area contributed by atoms with E-state index in [1.54, 1.807) is 6.07 Å². The van der Waals surface area contributed by atoms with E-state index in [0.29, 0.717) is 18.3 Å². The van der Waals surface area contributed by atoms with Gasteiger partial charge in [-0.1, -0.05) is 23.7 Å². The SMILES string of the molecule is OC1(Cc2cccc(F)c2Cl)C2CC3CC(C2)CC1C3. The van der Waals surface area contributed by atoms with Crippen LogP contribution in [0.3, 0.4) is 0 Å². The number of halogens is 2. The molecule has 1 N–H and O–H groups in total. The minimum Gasteiger partial charge on any atom is -0.389 e. The van der Waals surface area contributed by atoms with E-state index in [2.05, 4.69) is 0 Å². The minimum atomic E-state index is -0.662. The fourth-order valence-corrected chi connectivity index (χ4v) is 5.47. The van der Waals surface area contributed by atoms with E-state index < -0.39 is 5.60 Å². The van der Waals surface area contributed by atoms with Crippen LogP contribution in [0.15, 0.2) is 18.2 Å². The Bertz CT molecular complexity index is 514. The quantitative estimate of drug-likeness (QED) is 0.866. The van der Waals surface area contributed by atoms with Crippen molar-refractivity contribution in [2.75, 3.05) is 0 Å². The molecule has 0 radical (unpaired) electrons. The summed E-state index contributed by atoms with van der Waals surface area (Å²) < 4.78 is 13.6. The first-order valence-corrected chi connectivity index (χ1v) is 8.09. The standard InChI is InChI=1S/C17H20ClFO/c18-16-12(2-1-3-15(16)19)9-17(20)13-5-10-4-11(7-13)8-14(17)6-10/h1-3,10-11,13-14,20H,4-9H2. The van der Waals surface area contributed by atoms with Crippen LogP contribution in [0.4, 0.5) is 4.39 Å². The van der Waals surface area contributed by atoms with E-state index in [0.717, 1.165) is 43.1 Å². The summed E-state index contributed by atoms with van der Waals surface area (Å²) >= 11 is 6.08. The predicted molar refractivity (Wildman–Crippen MR) is 77.1 cm³/mol. The summed E-state index contributed by atoms with van der Waals surface area (Å²) in [4.78, 5) is 0. The molecule has 0 saturated heterocycles. The topological polar surface area (TPSA) is 20.2 Å². The highest BCUT2D eigenvalue weighted by Gasteiger charge is 2.56. The molecule has 0 spiro atoms. The van der Waals surface area contributed by atoms with Crippen LogP contribution in [0, 0.1) is 29.5 Å². The maximum Gasteiger partial charge on any atom is 0.142 e. The lowest BCUT2D eigenvalue weighted by atomic mass is 9.49. The van der Waals surface area contributed by atoms with Crippen molar-refractivity contribution in [3.05, 3.63) is 34.6 Å². The molecule has 5 rings (SSSR count). The molecular formula is C17H20ClFO. The van der Waals surface area contributed by atoms with Crippen LogP contribution in [-0.4, -0.2) is 10.7 Å². The molecule has 4 aliphatic rings. The van der Waals surface area contributed by atoms with Gasteiger partial charge in [0.05, 0.1) is 10.6 Å². The number of hydrogen-bond acceptors (Lipinski definition) is 1. The molecule has 0 unspecified atom stereocenters. The molecular weight excluding hydrogens is 275 g/mol. The summed E-state index contributed by atoms with van der Waals surface area (Å²) in [5.41, 5.74) is 0.104. The monoisotopic (exact) mass is 294 g/mol. The zero-order chi connectivity index (χ0) is 13.9. The van der Waals surface area contributed by atoms with Crippen LogP contribution in [-0.2, 0) is 6.42 Å². The van der Waals surface area contributed by atoms with Crippen LogP contribution in [0.2, 0.25) is 5.02 Å². The van der Waals surface area contributed by atoms with Gasteiger partial charge >= 0.3 is 0 Å².